The van der Waals surface area contributed by atoms with Gasteiger partial charge in [-0.05, 0) is 81.8 Å². The summed E-state index contributed by atoms with van der Waals surface area (Å²) in [7, 11) is 0. The normalized spacial score (nSPS) is 11.6. The zero-order valence-electron chi connectivity index (χ0n) is 15.4. The van der Waals surface area contributed by atoms with Gasteiger partial charge in [0.1, 0.15) is 23.1 Å². The van der Waals surface area contributed by atoms with Gasteiger partial charge < -0.3 is 4.74 Å². The fourth-order valence-corrected chi connectivity index (χ4v) is 3.67. The summed E-state index contributed by atoms with van der Waals surface area (Å²) in [5.41, 5.74) is 1.06. The molecular weight excluding hydrogens is 478 g/mol. The van der Waals surface area contributed by atoms with Gasteiger partial charge in [-0.3, -0.25) is 0 Å². The Hall–Kier alpha value is -1.46. The van der Waals surface area contributed by atoms with Crippen LogP contribution in [0, 0.1) is 11.6 Å². The lowest BCUT2D eigenvalue weighted by Crippen LogP contribution is -1.97. The van der Waals surface area contributed by atoms with E-state index in [9.17, 15) is 8.78 Å². The first kappa shape index (κ1) is 21.8. The second kappa shape index (κ2) is 10.8. The van der Waals surface area contributed by atoms with Gasteiger partial charge in [-0.15, -0.1) is 0 Å². The number of benzene rings is 2. The molecule has 0 aliphatic heterocycles. The van der Waals surface area contributed by atoms with Gasteiger partial charge in [-0.1, -0.05) is 38.2 Å². The minimum Gasteiger partial charge on any atom is -0.455 e. The van der Waals surface area contributed by atoms with Gasteiger partial charge in [0.15, 0.2) is 0 Å². The van der Waals surface area contributed by atoms with Crippen molar-refractivity contribution in [1.29, 1.82) is 0 Å². The van der Waals surface area contributed by atoms with Crippen LogP contribution in [0.15, 0.2) is 57.5 Å². The van der Waals surface area contributed by atoms with E-state index in [0.717, 1.165) is 12.8 Å². The van der Waals surface area contributed by atoms with Gasteiger partial charge in [0.25, 0.3) is 0 Å². The molecule has 0 N–H and O–H groups in total. The highest BCUT2D eigenvalue weighted by Gasteiger charge is 2.16. The molecule has 0 saturated carbocycles. The monoisotopic (exact) mass is 498 g/mol. The first-order valence-corrected chi connectivity index (χ1v) is 10.5. The van der Waals surface area contributed by atoms with Gasteiger partial charge in [0.05, 0.1) is 8.95 Å². The van der Waals surface area contributed by atoms with Crippen molar-refractivity contribution in [3.63, 3.8) is 0 Å². The molecule has 0 spiro atoms. The molecule has 0 heterocycles. The average Bonchev–Trinajstić information content (AvgIpc) is 2.65. The Morgan fingerprint density at radius 3 is 1.52 bits per heavy atom. The maximum Gasteiger partial charge on any atom is 0.142 e. The molecule has 27 heavy (non-hydrogen) atoms. The molecule has 0 fully saturated rings. The summed E-state index contributed by atoms with van der Waals surface area (Å²) in [6, 6.07) is 5.91. The Morgan fingerprint density at radius 1 is 0.741 bits per heavy atom. The van der Waals surface area contributed by atoms with Crippen molar-refractivity contribution in [2.45, 2.75) is 39.5 Å². The molecule has 0 atom stereocenters. The fraction of sp³-hybridized carbons (Fsp3) is 0.273. The molecule has 1 nitrogen and oxygen atoms in total. The Morgan fingerprint density at radius 2 is 1.15 bits per heavy atom. The van der Waals surface area contributed by atoms with Crippen molar-refractivity contribution in [3.8, 4) is 11.5 Å². The van der Waals surface area contributed by atoms with Crippen LogP contribution in [0.1, 0.15) is 37.8 Å². The summed E-state index contributed by atoms with van der Waals surface area (Å²) < 4.78 is 35.5. The minimum absolute atomic E-state index is 0.293. The van der Waals surface area contributed by atoms with Crippen LogP contribution in [0.5, 0.6) is 11.5 Å². The predicted octanol–water partition coefficient (Wildman–Crippen LogP) is 8.30. The fourth-order valence-electron chi connectivity index (χ4n) is 2.54. The van der Waals surface area contributed by atoms with E-state index in [-0.39, 0.29) is 11.6 Å². The number of hydrogen-bond donors (Lipinski definition) is 0. The van der Waals surface area contributed by atoms with Gasteiger partial charge >= 0.3 is 0 Å². The third-order valence-corrected chi connectivity index (χ3v) is 5.71. The Balaban J connectivity index is 2.34. The summed E-state index contributed by atoms with van der Waals surface area (Å²) in [6.07, 6.45) is 10.6. The molecule has 0 aromatic heterocycles. The highest BCUT2D eigenvalue weighted by atomic mass is 79.9. The van der Waals surface area contributed by atoms with Crippen LogP contribution in [0.4, 0.5) is 8.78 Å². The van der Waals surface area contributed by atoms with Crippen molar-refractivity contribution in [2.75, 3.05) is 0 Å². The second-order valence-corrected chi connectivity index (χ2v) is 7.53. The molecule has 144 valence electrons. The molecule has 2 rings (SSSR count). The van der Waals surface area contributed by atoms with E-state index in [4.69, 9.17) is 4.74 Å². The maximum absolute atomic E-state index is 14.2. The van der Waals surface area contributed by atoms with Crippen LogP contribution in [0.2, 0.25) is 0 Å². The van der Waals surface area contributed by atoms with Crippen LogP contribution in [-0.2, 0) is 12.8 Å². The summed E-state index contributed by atoms with van der Waals surface area (Å²) in [4.78, 5) is 0. The van der Waals surface area contributed by atoms with Gasteiger partial charge in [0.2, 0.25) is 0 Å². The lowest BCUT2D eigenvalue weighted by molar-refractivity contribution is 0.469. The highest BCUT2D eigenvalue weighted by molar-refractivity contribution is 9.11. The van der Waals surface area contributed by atoms with Crippen molar-refractivity contribution in [1.82, 2.24) is 0 Å². The van der Waals surface area contributed by atoms with Crippen molar-refractivity contribution < 1.29 is 13.5 Å². The van der Waals surface area contributed by atoms with Crippen molar-refractivity contribution in [3.05, 3.63) is 80.3 Å². The minimum atomic E-state index is -0.293. The van der Waals surface area contributed by atoms with E-state index in [0.29, 0.717) is 44.4 Å². The summed E-state index contributed by atoms with van der Waals surface area (Å²) in [5, 5.41) is 0. The first-order valence-electron chi connectivity index (χ1n) is 8.91. The van der Waals surface area contributed by atoms with Crippen LogP contribution in [0.3, 0.4) is 0 Å². The molecule has 2 aromatic carbocycles. The number of rotatable bonds is 8. The second-order valence-electron chi connectivity index (χ2n) is 5.95. The van der Waals surface area contributed by atoms with Crippen molar-refractivity contribution >= 4 is 31.9 Å². The zero-order chi connectivity index (χ0) is 19.8. The van der Waals surface area contributed by atoms with E-state index in [1.165, 1.54) is 12.1 Å². The third kappa shape index (κ3) is 5.76. The molecule has 0 aliphatic carbocycles. The van der Waals surface area contributed by atoms with Gasteiger partial charge in [-0.2, -0.15) is 0 Å². The molecule has 5 heteroatoms. The zero-order valence-corrected chi connectivity index (χ0v) is 18.5. The SMILES string of the molecule is CCC=CCc1c(F)ccc(Oc2ccc(F)c(CC=CCC)c2Br)c1Br. The average molecular weight is 500 g/mol. The number of halogens is 4. The van der Waals surface area contributed by atoms with E-state index < -0.39 is 0 Å². The molecular formula is C22H22Br2F2O. The highest BCUT2D eigenvalue weighted by Crippen LogP contribution is 2.39. The van der Waals surface area contributed by atoms with E-state index in [2.05, 4.69) is 31.9 Å². The molecule has 0 amide bonds. The Labute approximate surface area is 176 Å². The molecule has 0 unspecified atom stereocenters. The van der Waals surface area contributed by atoms with E-state index in [1.54, 1.807) is 12.1 Å². The van der Waals surface area contributed by atoms with Crippen molar-refractivity contribution in [2.24, 2.45) is 0 Å². The lowest BCUT2D eigenvalue weighted by atomic mass is 10.1. The first-order chi connectivity index (χ1) is 13.0. The Bertz CT molecular complexity index is 775. The third-order valence-electron chi connectivity index (χ3n) is 3.97. The summed E-state index contributed by atoms with van der Waals surface area (Å²) in [6.45, 7) is 4.06. The van der Waals surface area contributed by atoms with Crippen LogP contribution >= 0.6 is 31.9 Å². The quantitative estimate of drug-likeness (QED) is 0.332. The standard InChI is InChI=1S/C22H22Br2F2O/c1-3-5-7-9-15-17(25)11-13-19(21(15)23)27-20-14-12-18(26)16(22(20)24)10-8-6-4-2/h5-8,11-14H,3-4,9-10H2,1-2H3. The van der Waals surface area contributed by atoms with Gasteiger partial charge in [-0.25, -0.2) is 8.78 Å². The van der Waals surface area contributed by atoms with E-state index >= 15 is 0 Å². The van der Waals surface area contributed by atoms with Crippen LogP contribution < -0.4 is 4.74 Å². The molecule has 0 bridgehead atoms. The van der Waals surface area contributed by atoms with Crippen LogP contribution in [-0.4, -0.2) is 0 Å². The summed E-state index contributed by atoms with van der Waals surface area (Å²) in [5.74, 6) is 0.384. The maximum atomic E-state index is 14.2. The van der Waals surface area contributed by atoms with Gasteiger partial charge in [0, 0.05) is 11.1 Å². The molecule has 0 aliphatic rings. The molecule has 0 saturated heterocycles. The van der Waals surface area contributed by atoms with Crippen LogP contribution in [0.25, 0.3) is 0 Å². The molecule has 0 radical (unpaired) electrons. The largest absolute Gasteiger partial charge is 0.455 e. The van der Waals surface area contributed by atoms with E-state index in [1.807, 2.05) is 38.2 Å². The number of hydrogen-bond acceptors (Lipinski definition) is 1. The Kier molecular flexibility index (Phi) is 8.71. The summed E-state index contributed by atoms with van der Waals surface area (Å²) >= 11 is 6.90. The lowest BCUT2D eigenvalue weighted by Gasteiger charge is -2.14. The molecule has 2 aromatic rings. The topological polar surface area (TPSA) is 9.23 Å². The smallest absolute Gasteiger partial charge is 0.142 e. The predicted molar refractivity (Wildman–Crippen MR) is 115 cm³/mol. The number of ether oxygens (including phenoxy) is 1. The number of allylic oxidation sites excluding steroid dienone is 4.